The molecule has 2 aliphatic rings. The second-order valence-electron chi connectivity index (χ2n) is 7.57. The Morgan fingerprint density at radius 3 is 2.70 bits per heavy atom. The quantitative estimate of drug-likeness (QED) is 0.863. The number of phenolic OH excluding ortho intramolecular Hbond substituents is 1. The van der Waals surface area contributed by atoms with Gasteiger partial charge in [0.05, 0.1) is 0 Å². The third kappa shape index (κ3) is 3.54. The van der Waals surface area contributed by atoms with Crippen molar-refractivity contribution < 1.29 is 9.90 Å². The van der Waals surface area contributed by atoms with Crippen LogP contribution in [0.3, 0.4) is 0 Å². The first-order chi connectivity index (χ1) is 11.1. The highest BCUT2D eigenvalue weighted by Crippen LogP contribution is 2.36. The number of rotatable bonds is 5. The average Bonchev–Trinajstić information content (AvgIpc) is 2.84. The monoisotopic (exact) mass is 315 g/mol. The minimum Gasteiger partial charge on any atom is -0.508 e. The van der Waals surface area contributed by atoms with Crippen LogP contribution in [0.4, 0.5) is 0 Å². The van der Waals surface area contributed by atoms with E-state index < -0.39 is 0 Å². The van der Waals surface area contributed by atoms with Crippen LogP contribution >= 0.6 is 0 Å². The van der Waals surface area contributed by atoms with Crippen molar-refractivity contribution in [2.75, 3.05) is 6.54 Å². The highest BCUT2D eigenvalue weighted by molar-refractivity contribution is 5.98. The minimum atomic E-state index is 0.0948. The van der Waals surface area contributed by atoms with E-state index in [1.807, 2.05) is 11.0 Å². The molecule has 1 aromatic rings. The predicted octanol–water partition coefficient (Wildman–Crippen LogP) is 4.59. The molecule has 1 unspecified atom stereocenters. The van der Waals surface area contributed by atoms with Crippen LogP contribution in [-0.4, -0.2) is 22.5 Å². The molecule has 23 heavy (non-hydrogen) atoms. The summed E-state index contributed by atoms with van der Waals surface area (Å²) in [5, 5.41) is 9.58. The summed E-state index contributed by atoms with van der Waals surface area (Å²) in [6, 6.07) is 5.17. The first-order valence-corrected chi connectivity index (χ1v) is 9.19. The van der Waals surface area contributed by atoms with Gasteiger partial charge in [-0.1, -0.05) is 32.8 Å². The molecule has 0 aromatic heterocycles. The Labute approximate surface area is 139 Å². The van der Waals surface area contributed by atoms with E-state index in [2.05, 4.69) is 13.8 Å². The Morgan fingerprint density at radius 2 is 2.00 bits per heavy atom. The minimum absolute atomic E-state index is 0.0948. The van der Waals surface area contributed by atoms with Gasteiger partial charge in [-0.3, -0.25) is 4.79 Å². The van der Waals surface area contributed by atoms with Gasteiger partial charge in [0.1, 0.15) is 5.75 Å². The topological polar surface area (TPSA) is 40.5 Å². The van der Waals surface area contributed by atoms with Gasteiger partial charge < -0.3 is 10.0 Å². The molecule has 1 N–H and O–H groups in total. The number of fused-ring (bicyclic) bond motifs is 1. The summed E-state index contributed by atoms with van der Waals surface area (Å²) < 4.78 is 0. The van der Waals surface area contributed by atoms with Crippen LogP contribution in [0.5, 0.6) is 5.75 Å². The first-order valence-electron chi connectivity index (χ1n) is 9.19. The zero-order valence-corrected chi connectivity index (χ0v) is 14.4. The number of benzene rings is 1. The molecule has 1 aliphatic carbocycles. The molecule has 0 radical (unpaired) electrons. The lowest BCUT2D eigenvalue weighted by atomic mass is 9.75. The van der Waals surface area contributed by atoms with Gasteiger partial charge in [-0.05, 0) is 61.1 Å². The molecule has 0 saturated heterocycles. The number of nitrogens with zero attached hydrogens (tertiary/aromatic N) is 1. The Balaban J connectivity index is 1.53. The third-order valence-corrected chi connectivity index (χ3v) is 5.89. The molecular weight excluding hydrogens is 286 g/mol. The summed E-state index contributed by atoms with van der Waals surface area (Å²) in [4.78, 5) is 14.5. The molecule has 126 valence electrons. The van der Waals surface area contributed by atoms with Gasteiger partial charge in [0, 0.05) is 18.7 Å². The number of hydrogen-bond donors (Lipinski definition) is 1. The maximum Gasteiger partial charge on any atom is 0.254 e. The largest absolute Gasteiger partial charge is 0.508 e. The SMILES string of the molecule is CCCC(C)C1CCC(CN2Cc3ccc(O)cc3C2=O)CC1. The van der Waals surface area contributed by atoms with E-state index in [9.17, 15) is 9.90 Å². The zero-order valence-electron chi connectivity index (χ0n) is 14.4. The van der Waals surface area contributed by atoms with E-state index in [1.54, 1.807) is 12.1 Å². The van der Waals surface area contributed by atoms with E-state index in [1.165, 1.54) is 38.5 Å². The summed E-state index contributed by atoms with van der Waals surface area (Å²) in [6.45, 7) is 6.27. The molecule has 1 atom stereocenters. The maximum absolute atomic E-state index is 12.5. The molecule has 1 heterocycles. The van der Waals surface area contributed by atoms with Crippen LogP contribution < -0.4 is 0 Å². The fraction of sp³-hybridized carbons (Fsp3) is 0.650. The molecule has 0 bridgehead atoms. The second kappa shape index (κ2) is 6.94. The summed E-state index contributed by atoms with van der Waals surface area (Å²) in [6.07, 6.45) is 7.78. The number of carbonyl (C=O) groups is 1. The molecular formula is C20H29NO2. The van der Waals surface area contributed by atoms with Crippen LogP contribution in [0.2, 0.25) is 0 Å². The van der Waals surface area contributed by atoms with E-state index >= 15 is 0 Å². The summed E-state index contributed by atoms with van der Waals surface area (Å²) in [5.41, 5.74) is 1.74. The average molecular weight is 315 g/mol. The van der Waals surface area contributed by atoms with Crippen LogP contribution in [0.25, 0.3) is 0 Å². The summed E-state index contributed by atoms with van der Waals surface area (Å²) in [7, 11) is 0. The third-order valence-electron chi connectivity index (χ3n) is 5.89. The molecule has 1 fully saturated rings. The molecule has 0 spiro atoms. The van der Waals surface area contributed by atoms with E-state index in [0.717, 1.165) is 23.9 Å². The molecule has 1 aliphatic heterocycles. The molecule has 3 nitrogen and oxygen atoms in total. The summed E-state index contributed by atoms with van der Waals surface area (Å²) >= 11 is 0. The van der Waals surface area contributed by atoms with E-state index in [0.29, 0.717) is 18.0 Å². The molecule has 3 rings (SSSR count). The van der Waals surface area contributed by atoms with Crippen LogP contribution in [-0.2, 0) is 6.54 Å². The molecule has 3 heteroatoms. The van der Waals surface area contributed by atoms with Crippen molar-refractivity contribution >= 4 is 5.91 Å². The molecule has 1 amide bonds. The fourth-order valence-electron chi connectivity index (χ4n) is 4.44. The number of hydrogen-bond acceptors (Lipinski definition) is 2. The number of amides is 1. The van der Waals surface area contributed by atoms with Crippen molar-refractivity contribution in [3.8, 4) is 5.75 Å². The smallest absolute Gasteiger partial charge is 0.254 e. The fourth-order valence-corrected chi connectivity index (χ4v) is 4.44. The van der Waals surface area contributed by atoms with Crippen molar-refractivity contribution in [3.63, 3.8) is 0 Å². The molecule has 1 saturated carbocycles. The number of carbonyl (C=O) groups excluding carboxylic acids is 1. The highest BCUT2D eigenvalue weighted by Gasteiger charge is 2.31. The first kappa shape index (κ1) is 16.4. The van der Waals surface area contributed by atoms with Crippen molar-refractivity contribution in [1.82, 2.24) is 4.90 Å². The predicted molar refractivity (Wildman–Crippen MR) is 92.4 cm³/mol. The number of phenols is 1. The summed E-state index contributed by atoms with van der Waals surface area (Å²) in [5.74, 6) is 2.66. The van der Waals surface area contributed by atoms with Crippen molar-refractivity contribution in [1.29, 1.82) is 0 Å². The Kier molecular flexibility index (Phi) is 4.93. The van der Waals surface area contributed by atoms with Crippen molar-refractivity contribution in [2.45, 2.75) is 58.9 Å². The van der Waals surface area contributed by atoms with Gasteiger partial charge in [0.15, 0.2) is 0 Å². The lowest BCUT2D eigenvalue weighted by Crippen LogP contribution is -2.32. The highest BCUT2D eigenvalue weighted by atomic mass is 16.3. The van der Waals surface area contributed by atoms with Gasteiger partial charge in [-0.15, -0.1) is 0 Å². The van der Waals surface area contributed by atoms with Gasteiger partial charge in [-0.2, -0.15) is 0 Å². The Bertz CT molecular complexity index is 561. The molecule has 1 aromatic carbocycles. The zero-order chi connectivity index (χ0) is 16.4. The lowest BCUT2D eigenvalue weighted by molar-refractivity contribution is 0.0721. The van der Waals surface area contributed by atoms with E-state index in [-0.39, 0.29) is 11.7 Å². The Morgan fingerprint density at radius 1 is 1.26 bits per heavy atom. The maximum atomic E-state index is 12.5. The van der Waals surface area contributed by atoms with Gasteiger partial charge in [0.2, 0.25) is 0 Å². The van der Waals surface area contributed by atoms with Gasteiger partial charge in [-0.25, -0.2) is 0 Å². The van der Waals surface area contributed by atoms with Crippen LogP contribution in [0.15, 0.2) is 18.2 Å². The van der Waals surface area contributed by atoms with Crippen LogP contribution in [0.1, 0.15) is 68.3 Å². The van der Waals surface area contributed by atoms with Crippen molar-refractivity contribution in [2.24, 2.45) is 17.8 Å². The van der Waals surface area contributed by atoms with E-state index in [4.69, 9.17) is 0 Å². The standard InChI is InChI=1S/C20H29NO2/c1-3-4-14(2)16-7-5-15(6-8-16)12-21-13-17-9-10-18(22)11-19(17)20(21)23/h9-11,14-16,22H,3-8,12-13H2,1-2H3. The normalized spacial score (nSPS) is 25.5. The number of aromatic hydroxyl groups is 1. The lowest BCUT2D eigenvalue weighted by Gasteiger charge is -2.34. The van der Waals surface area contributed by atoms with Gasteiger partial charge >= 0.3 is 0 Å². The second-order valence-corrected chi connectivity index (χ2v) is 7.57. The Hall–Kier alpha value is -1.51. The van der Waals surface area contributed by atoms with Gasteiger partial charge in [0.25, 0.3) is 5.91 Å². The van der Waals surface area contributed by atoms with Crippen molar-refractivity contribution in [3.05, 3.63) is 29.3 Å². The van der Waals surface area contributed by atoms with Crippen LogP contribution in [0, 0.1) is 17.8 Å².